The number of aromatic nitrogens is 1. The van der Waals surface area contributed by atoms with Gasteiger partial charge in [0.25, 0.3) is 0 Å². The number of nitrogens with one attached hydrogen (secondary N) is 1. The summed E-state index contributed by atoms with van der Waals surface area (Å²) in [4.78, 5) is 17.7. The van der Waals surface area contributed by atoms with Crippen molar-refractivity contribution in [1.29, 1.82) is 5.26 Å². The summed E-state index contributed by atoms with van der Waals surface area (Å²) in [7, 11) is 0. The number of nitrogens with zero attached hydrogens (tertiary/aromatic N) is 2. The SMILES string of the molecule is Cc1ccc(NC(=O)C(C)Sc2nc(-c3ccccc3)cc(-c3ccccc3Cl)c2C#N)cc1. The second-order valence-electron chi connectivity index (χ2n) is 7.81. The molecule has 0 aliphatic carbocycles. The number of aryl methyl sites for hydroxylation is 1. The summed E-state index contributed by atoms with van der Waals surface area (Å²) < 4.78 is 0. The van der Waals surface area contributed by atoms with Gasteiger partial charge < -0.3 is 5.32 Å². The van der Waals surface area contributed by atoms with Crippen LogP contribution in [0.4, 0.5) is 5.69 Å². The normalized spacial score (nSPS) is 11.5. The monoisotopic (exact) mass is 483 g/mol. The molecule has 1 heterocycles. The fourth-order valence-corrected chi connectivity index (χ4v) is 4.63. The highest BCUT2D eigenvalue weighted by molar-refractivity contribution is 8.00. The molecule has 1 unspecified atom stereocenters. The van der Waals surface area contributed by atoms with E-state index in [9.17, 15) is 10.1 Å². The van der Waals surface area contributed by atoms with Gasteiger partial charge in [-0.25, -0.2) is 4.98 Å². The number of halogens is 1. The Kier molecular flexibility index (Phi) is 7.32. The molecular weight excluding hydrogens is 462 g/mol. The minimum atomic E-state index is -0.481. The molecule has 4 rings (SSSR count). The van der Waals surface area contributed by atoms with Crippen molar-refractivity contribution in [2.24, 2.45) is 0 Å². The van der Waals surface area contributed by atoms with Crippen molar-refractivity contribution < 1.29 is 4.79 Å². The van der Waals surface area contributed by atoms with E-state index in [1.54, 1.807) is 13.0 Å². The molecule has 0 aliphatic heterocycles. The number of carbonyl (C=O) groups is 1. The van der Waals surface area contributed by atoms with E-state index in [2.05, 4.69) is 11.4 Å². The number of pyridine rings is 1. The third kappa shape index (κ3) is 5.31. The predicted octanol–water partition coefficient (Wildman–Crippen LogP) is 7.37. The molecule has 6 heteroatoms. The van der Waals surface area contributed by atoms with Gasteiger partial charge in [0, 0.05) is 27.4 Å². The zero-order valence-electron chi connectivity index (χ0n) is 18.7. The molecule has 4 nitrogen and oxygen atoms in total. The Labute approximate surface area is 208 Å². The van der Waals surface area contributed by atoms with Gasteiger partial charge >= 0.3 is 0 Å². The van der Waals surface area contributed by atoms with Crippen molar-refractivity contribution in [2.45, 2.75) is 24.1 Å². The molecule has 1 atom stereocenters. The number of rotatable bonds is 6. The Hall–Kier alpha value is -3.59. The summed E-state index contributed by atoms with van der Waals surface area (Å²) in [6.45, 7) is 3.80. The zero-order chi connectivity index (χ0) is 24.1. The molecule has 0 radical (unpaired) electrons. The highest BCUT2D eigenvalue weighted by Crippen LogP contribution is 2.38. The van der Waals surface area contributed by atoms with Crippen LogP contribution in [-0.4, -0.2) is 16.1 Å². The zero-order valence-corrected chi connectivity index (χ0v) is 20.3. The van der Waals surface area contributed by atoms with Crippen LogP contribution >= 0.6 is 23.4 Å². The fraction of sp³-hybridized carbons (Fsp3) is 0.107. The molecule has 0 fully saturated rings. The third-order valence-electron chi connectivity index (χ3n) is 5.31. The van der Waals surface area contributed by atoms with Crippen LogP contribution in [0.1, 0.15) is 18.1 Å². The highest BCUT2D eigenvalue weighted by atomic mass is 35.5. The number of thioether (sulfide) groups is 1. The maximum Gasteiger partial charge on any atom is 0.237 e. The molecular formula is C28H22ClN3OS. The lowest BCUT2D eigenvalue weighted by Crippen LogP contribution is -2.22. The average Bonchev–Trinajstić information content (AvgIpc) is 2.85. The van der Waals surface area contributed by atoms with E-state index in [1.165, 1.54) is 11.8 Å². The summed E-state index contributed by atoms with van der Waals surface area (Å²) in [5.41, 5.74) is 5.31. The van der Waals surface area contributed by atoms with Crippen molar-refractivity contribution in [3.05, 3.63) is 101 Å². The number of carbonyl (C=O) groups excluding carboxylic acids is 1. The minimum Gasteiger partial charge on any atom is -0.325 e. The van der Waals surface area contributed by atoms with E-state index < -0.39 is 5.25 Å². The molecule has 168 valence electrons. The summed E-state index contributed by atoms with van der Waals surface area (Å²) in [6, 6.07) is 29.0. The number of nitriles is 1. The largest absolute Gasteiger partial charge is 0.325 e. The van der Waals surface area contributed by atoms with Crippen molar-refractivity contribution in [3.8, 4) is 28.5 Å². The second kappa shape index (κ2) is 10.6. The smallest absolute Gasteiger partial charge is 0.237 e. The first-order chi connectivity index (χ1) is 16.5. The maximum atomic E-state index is 12.9. The molecule has 4 aromatic rings. The van der Waals surface area contributed by atoms with Gasteiger partial charge in [-0.3, -0.25) is 4.79 Å². The first kappa shape index (κ1) is 23.6. The topological polar surface area (TPSA) is 65.8 Å². The molecule has 0 spiro atoms. The van der Waals surface area contributed by atoms with E-state index in [-0.39, 0.29) is 5.91 Å². The van der Waals surface area contributed by atoms with Crippen LogP contribution < -0.4 is 5.32 Å². The van der Waals surface area contributed by atoms with E-state index in [0.29, 0.717) is 26.9 Å². The van der Waals surface area contributed by atoms with Crippen LogP contribution in [0.5, 0.6) is 0 Å². The van der Waals surface area contributed by atoms with E-state index in [0.717, 1.165) is 22.4 Å². The average molecular weight is 484 g/mol. The standard InChI is InChI=1S/C28H22ClN3OS/c1-18-12-14-21(15-13-18)31-27(33)19(2)34-28-24(17-30)23(22-10-6-7-11-25(22)29)16-26(32-28)20-8-4-3-5-9-20/h3-16,19H,1-2H3,(H,31,33). The summed E-state index contributed by atoms with van der Waals surface area (Å²) >= 11 is 7.76. The van der Waals surface area contributed by atoms with Crippen molar-refractivity contribution in [2.75, 3.05) is 5.32 Å². The summed E-state index contributed by atoms with van der Waals surface area (Å²) in [5.74, 6) is -0.163. The van der Waals surface area contributed by atoms with Crippen LogP contribution in [0.25, 0.3) is 22.4 Å². The second-order valence-corrected chi connectivity index (χ2v) is 9.54. The Balaban J connectivity index is 1.74. The van der Waals surface area contributed by atoms with Crippen molar-refractivity contribution in [1.82, 2.24) is 4.98 Å². The van der Waals surface area contributed by atoms with Gasteiger partial charge in [0.15, 0.2) is 0 Å². The molecule has 34 heavy (non-hydrogen) atoms. The predicted molar refractivity (Wildman–Crippen MR) is 140 cm³/mol. The van der Waals surface area contributed by atoms with Gasteiger partial charge in [0.05, 0.1) is 16.5 Å². The number of benzene rings is 3. The molecule has 1 amide bonds. The quantitative estimate of drug-likeness (QED) is 0.291. The number of hydrogen-bond donors (Lipinski definition) is 1. The third-order valence-corrected chi connectivity index (χ3v) is 6.72. The van der Waals surface area contributed by atoms with Crippen LogP contribution in [0.15, 0.2) is 90.0 Å². The number of anilines is 1. The Morgan fingerprint density at radius 2 is 1.68 bits per heavy atom. The van der Waals surface area contributed by atoms with Gasteiger partial charge in [-0.15, -0.1) is 0 Å². The minimum absolute atomic E-state index is 0.163. The number of amides is 1. The first-order valence-corrected chi connectivity index (χ1v) is 12.0. The molecule has 0 saturated heterocycles. The molecule has 0 saturated carbocycles. The molecule has 3 aromatic carbocycles. The van der Waals surface area contributed by atoms with Gasteiger partial charge in [-0.2, -0.15) is 5.26 Å². The molecule has 1 N–H and O–H groups in total. The first-order valence-electron chi connectivity index (χ1n) is 10.8. The lowest BCUT2D eigenvalue weighted by molar-refractivity contribution is -0.115. The summed E-state index contributed by atoms with van der Waals surface area (Å²) in [5, 5.41) is 13.6. The van der Waals surface area contributed by atoms with Crippen LogP contribution in [0.3, 0.4) is 0 Å². The van der Waals surface area contributed by atoms with Crippen molar-refractivity contribution >= 4 is 35.0 Å². The maximum absolute atomic E-state index is 12.9. The Morgan fingerprint density at radius 3 is 2.35 bits per heavy atom. The van der Waals surface area contributed by atoms with Gasteiger partial charge in [0.1, 0.15) is 11.1 Å². The highest BCUT2D eigenvalue weighted by Gasteiger charge is 2.22. The van der Waals surface area contributed by atoms with Crippen LogP contribution in [0, 0.1) is 18.3 Å². The van der Waals surface area contributed by atoms with Crippen LogP contribution in [-0.2, 0) is 4.79 Å². The lowest BCUT2D eigenvalue weighted by Gasteiger charge is -2.16. The van der Waals surface area contributed by atoms with Gasteiger partial charge in [-0.05, 0) is 38.1 Å². The van der Waals surface area contributed by atoms with E-state index in [1.807, 2.05) is 85.8 Å². The Bertz CT molecular complexity index is 1370. The van der Waals surface area contributed by atoms with Gasteiger partial charge in [0.2, 0.25) is 5.91 Å². The van der Waals surface area contributed by atoms with E-state index >= 15 is 0 Å². The molecule has 0 aliphatic rings. The van der Waals surface area contributed by atoms with Crippen molar-refractivity contribution in [3.63, 3.8) is 0 Å². The van der Waals surface area contributed by atoms with Crippen LogP contribution in [0.2, 0.25) is 5.02 Å². The summed E-state index contributed by atoms with van der Waals surface area (Å²) in [6.07, 6.45) is 0. The lowest BCUT2D eigenvalue weighted by atomic mass is 9.99. The molecule has 0 bridgehead atoms. The molecule has 1 aromatic heterocycles. The fourth-order valence-electron chi connectivity index (χ4n) is 3.47. The van der Waals surface area contributed by atoms with E-state index in [4.69, 9.17) is 16.6 Å². The Morgan fingerprint density at radius 1 is 1.00 bits per heavy atom. The number of hydrogen-bond acceptors (Lipinski definition) is 4. The van der Waals surface area contributed by atoms with Gasteiger partial charge in [-0.1, -0.05) is 89.6 Å².